The van der Waals surface area contributed by atoms with Crippen molar-refractivity contribution in [3.63, 3.8) is 0 Å². The predicted octanol–water partition coefficient (Wildman–Crippen LogP) is 1.97. The molecule has 2 aliphatic heterocycles. The third kappa shape index (κ3) is 6.40. The summed E-state index contributed by atoms with van der Waals surface area (Å²) in [5.41, 5.74) is 2.22. The maximum absolute atomic E-state index is 13.0. The van der Waals surface area contributed by atoms with Crippen LogP contribution in [0.5, 0.6) is 0 Å². The predicted molar refractivity (Wildman–Crippen MR) is 137 cm³/mol. The van der Waals surface area contributed by atoms with Crippen molar-refractivity contribution in [2.24, 2.45) is 0 Å². The van der Waals surface area contributed by atoms with Gasteiger partial charge in [-0.15, -0.1) is 11.3 Å². The van der Waals surface area contributed by atoms with Gasteiger partial charge in [-0.25, -0.2) is 4.98 Å². The zero-order chi connectivity index (χ0) is 24.9. The van der Waals surface area contributed by atoms with Crippen LogP contribution in [-0.4, -0.2) is 93.6 Å². The first-order valence-electron chi connectivity index (χ1n) is 12.5. The monoisotopic (exact) mass is 515 g/mol. The van der Waals surface area contributed by atoms with E-state index in [0.29, 0.717) is 56.0 Å². The molecule has 0 radical (unpaired) electrons. The summed E-state index contributed by atoms with van der Waals surface area (Å²) in [7, 11) is 1.59. The quantitative estimate of drug-likeness (QED) is 0.438. The Morgan fingerprint density at radius 1 is 1.17 bits per heavy atom. The van der Waals surface area contributed by atoms with Gasteiger partial charge in [-0.1, -0.05) is 6.07 Å². The van der Waals surface area contributed by atoms with Gasteiger partial charge in [0.15, 0.2) is 5.13 Å². The van der Waals surface area contributed by atoms with E-state index >= 15 is 0 Å². The second-order valence-corrected chi connectivity index (χ2v) is 10.2. The molecule has 194 valence electrons. The number of nitrogens with zero attached hydrogens (tertiary/aromatic N) is 3. The second-order valence-electron chi connectivity index (χ2n) is 9.35. The van der Waals surface area contributed by atoms with Crippen molar-refractivity contribution in [1.82, 2.24) is 15.2 Å². The number of carbonyl (C=O) groups excluding carboxylic acids is 2. The van der Waals surface area contributed by atoms with Crippen LogP contribution in [0.3, 0.4) is 0 Å². The van der Waals surface area contributed by atoms with E-state index in [4.69, 9.17) is 14.2 Å². The number of hydrogen-bond donors (Lipinski definition) is 2. The number of benzene rings is 1. The SMILES string of the molecule is COCCNC(=O)c1cc(CN2CCOCC2)ccc1NC(=O)c1csc(N2CC(OC3CC3)C2)n1. The summed E-state index contributed by atoms with van der Waals surface area (Å²) >= 11 is 1.44. The third-order valence-electron chi connectivity index (χ3n) is 6.43. The number of hydrogen-bond acceptors (Lipinski definition) is 9. The summed E-state index contributed by atoms with van der Waals surface area (Å²) in [6.45, 7) is 6.24. The van der Waals surface area contributed by atoms with E-state index in [9.17, 15) is 9.59 Å². The molecule has 3 heterocycles. The number of morpholine rings is 1. The Bertz CT molecular complexity index is 1060. The molecule has 0 atom stereocenters. The molecule has 1 aliphatic carbocycles. The second kappa shape index (κ2) is 11.7. The zero-order valence-electron chi connectivity index (χ0n) is 20.5. The number of ether oxygens (including phenoxy) is 3. The highest BCUT2D eigenvalue weighted by Crippen LogP contribution is 2.31. The highest BCUT2D eigenvalue weighted by molar-refractivity contribution is 7.14. The van der Waals surface area contributed by atoms with E-state index in [1.807, 2.05) is 12.1 Å². The summed E-state index contributed by atoms with van der Waals surface area (Å²) in [6, 6.07) is 5.59. The minimum Gasteiger partial charge on any atom is -0.383 e. The average Bonchev–Trinajstić information content (AvgIpc) is 3.56. The van der Waals surface area contributed by atoms with E-state index in [2.05, 4.69) is 25.4 Å². The molecule has 2 saturated heterocycles. The molecule has 0 unspecified atom stereocenters. The third-order valence-corrected chi connectivity index (χ3v) is 7.33. The zero-order valence-corrected chi connectivity index (χ0v) is 21.3. The number of rotatable bonds is 11. The number of carbonyl (C=O) groups is 2. The van der Waals surface area contributed by atoms with Gasteiger partial charge in [0, 0.05) is 51.8 Å². The molecule has 10 nitrogen and oxygen atoms in total. The van der Waals surface area contributed by atoms with Crippen LogP contribution in [0.15, 0.2) is 23.6 Å². The van der Waals surface area contributed by atoms with Crippen LogP contribution in [0.2, 0.25) is 0 Å². The summed E-state index contributed by atoms with van der Waals surface area (Å²) < 4.78 is 16.4. The molecule has 1 aromatic carbocycles. The van der Waals surface area contributed by atoms with Crippen molar-refractivity contribution in [1.29, 1.82) is 0 Å². The maximum Gasteiger partial charge on any atom is 0.275 e. The molecule has 1 aromatic heterocycles. The van der Waals surface area contributed by atoms with Gasteiger partial charge < -0.3 is 29.7 Å². The molecule has 36 heavy (non-hydrogen) atoms. The van der Waals surface area contributed by atoms with E-state index in [1.54, 1.807) is 18.6 Å². The van der Waals surface area contributed by atoms with Gasteiger partial charge in [0.25, 0.3) is 11.8 Å². The normalized spacial score (nSPS) is 18.6. The van der Waals surface area contributed by atoms with Gasteiger partial charge in [-0.05, 0) is 30.5 Å². The summed E-state index contributed by atoms with van der Waals surface area (Å²) in [6.07, 6.45) is 3.03. The van der Waals surface area contributed by atoms with Crippen molar-refractivity contribution in [2.45, 2.75) is 31.6 Å². The minimum absolute atomic E-state index is 0.257. The summed E-state index contributed by atoms with van der Waals surface area (Å²) in [5, 5.41) is 8.33. The molecule has 2 amide bonds. The number of anilines is 2. The molecule has 3 aliphatic rings. The Balaban J connectivity index is 1.24. The van der Waals surface area contributed by atoms with Crippen molar-refractivity contribution >= 4 is 34.0 Å². The smallest absolute Gasteiger partial charge is 0.275 e. The van der Waals surface area contributed by atoms with Gasteiger partial charge in [-0.3, -0.25) is 14.5 Å². The maximum atomic E-state index is 13.0. The molecule has 1 saturated carbocycles. The number of methoxy groups -OCH3 is 1. The number of aromatic nitrogens is 1. The lowest BCUT2D eigenvalue weighted by Crippen LogP contribution is -2.52. The fraction of sp³-hybridized carbons (Fsp3) is 0.560. The summed E-state index contributed by atoms with van der Waals surface area (Å²) in [5.74, 6) is -0.594. The number of thiazole rings is 1. The molecule has 0 spiro atoms. The van der Waals surface area contributed by atoms with E-state index in [-0.39, 0.29) is 17.9 Å². The molecular formula is C25H33N5O5S. The van der Waals surface area contributed by atoms with Crippen LogP contribution in [0.25, 0.3) is 0 Å². The molecule has 5 rings (SSSR count). The van der Waals surface area contributed by atoms with E-state index in [1.165, 1.54) is 24.2 Å². The van der Waals surface area contributed by atoms with Crippen molar-refractivity contribution in [3.05, 3.63) is 40.4 Å². The Morgan fingerprint density at radius 2 is 1.97 bits per heavy atom. The minimum atomic E-state index is -0.337. The lowest BCUT2D eigenvalue weighted by molar-refractivity contribution is 0.0220. The largest absolute Gasteiger partial charge is 0.383 e. The van der Waals surface area contributed by atoms with Gasteiger partial charge in [-0.2, -0.15) is 0 Å². The van der Waals surface area contributed by atoms with Crippen LogP contribution >= 0.6 is 11.3 Å². The molecule has 3 fully saturated rings. The first kappa shape index (κ1) is 25.1. The Hall–Kier alpha value is -2.57. The van der Waals surface area contributed by atoms with Gasteiger partial charge in [0.2, 0.25) is 0 Å². The first-order chi connectivity index (χ1) is 17.6. The lowest BCUT2D eigenvalue weighted by atomic mass is 10.1. The van der Waals surface area contributed by atoms with Crippen molar-refractivity contribution in [2.75, 3.05) is 69.9 Å². The Morgan fingerprint density at radius 3 is 2.72 bits per heavy atom. The van der Waals surface area contributed by atoms with Crippen LogP contribution in [0.4, 0.5) is 10.8 Å². The van der Waals surface area contributed by atoms with Gasteiger partial charge in [0.05, 0.1) is 43.3 Å². The standard InChI is InChI=1S/C25H33N5O5S/c1-33-9-6-26-23(31)20-12-17(13-29-7-10-34-11-8-29)2-5-21(20)27-24(32)22-16-36-25(28-22)30-14-19(15-30)35-18-3-4-18/h2,5,12,16,18-19H,3-4,6-11,13-15H2,1H3,(H,26,31)(H,27,32). The molecular weight excluding hydrogens is 482 g/mol. The number of nitrogens with one attached hydrogen (secondary N) is 2. The van der Waals surface area contributed by atoms with Gasteiger partial charge in [0.1, 0.15) is 5.69 Å². The highest BCUT2D eigenvalue weighted by Gasteiger charge is 2.35. The Labute approximate surface area is 214 Å². The highest BCUT2D eigenvalue weighted by atomic mass is 32.1. The first-order valence-corrected chi connectivity index (χ1v) is 13.3. The number of amides is 2. The molecule has 2 aromatic rings. The molecule has 11 heteroatoms. The average molecular weight is 516 g/mol. The van der Waals surface area contributed by atoms with Crippen molar-refractivity contribution < 1.29 is 23.8 Å². The van der Waals surface area contributed by atoms with Gasteiger partial charge >= 0.3 is 0 Å². The molecule has 2 N–H and O–H groups in total. The van der Waals surface area contributed by atoms with Crippen LogP contribution < -0.4 is 15.5 Å². The van der Waals surface area contributed by atoms with E-state index in [0.717, 1.165) is 36.9 Å². The Kier molecular flexibility index (Phi) is 8.12. The van der Waals surface area contributed by atoms with Crippen LogP contribution in [-0.2, 0) is 20.8 Å². The summed E-state index contributed by atoms with van der Waals surface area (Å²) in [4.78, 5) is 34.9. The lowest BCUT2D eigenvalue weighted by Gasteiger charge is -2.38. The van der Waals surface area contributed by atoms with Crippen molar-refractivity contribution in [3.8, 4) is 0 Å². The fourth-order valence-electron chi connectivity index (χ4n) is 4.22. The fourth-order valence-corrected chi connectivity index (χ4v) is 5.05. The van der Waals surface area contributed by atoms with E-state index < -0.39 is 0 Å². The van der Waals surface area contributed by atoms with Crippen LogP contribution in [0.1, 0.15) is 39.3 Å². The molecule has 0 bridgehead atoms. The topological polar surface area (TPSA) is 105 Å². The van der Waals surface area contributed by atoms with Crippen LogP contribution in [0, 0.1) is 0 Å².